The van der Waals surface area contributed by atoms with Gasteiger partial charge in [0.25, 0.3) is 0 Å². The maximum atomic E-state index is 14.1. The number of ketones is 3. The smallest absolute Gasteiger partial charge is 0.333 e. The van der Waals surface area contributed by atoms with Crippen molar-refractivity contribution in [2.24, 2.45) is 0 Å². The number of phenols is 2. The second-order valence-corrected chi connectivity index (χ2v) is 11.2. The van der Waals surface area contributed by atoms with Gasteiger partial charge in [-0.3, -0.25) is 24.2 Å². The number of hydrogen-bond acceptors (Lipinski definition) is 12. The Balaban J connectivity index is 1.78. The minimum absolute atomic E-state index is 0.0136. The van der Waals surface area contributed by atoms with Gasteiger partial charge in [0, 0.05) is 39.5 Å². The summed E-state index contributed by atoms with van der Waals surface area (Å²) >= 11 is 0. The number of nitrogens with zero attached hydrogens (tertiary/aromatic N) is 3. The molecule has 1 aromatic carbocycles. The van der Waals surface area contributed by atoms with E-state index in [1.54, 1.807) is 36.8 Å². The summed E-state index contributed by atoms with van der Waals surface area (Å²) in [6, 6.07) is -2.79. The van der Waals surface area contributed by atoms with E-state index in [2.05, 4.69) is 6.07 Å². The molecule has 0 spiro atoms. The van der Waals surface area contributed by atoms with Crippen LogP contribution in [0.1, 0.15) is 54.7 Å². The zero-order valence-electron chi connectivity index (χ0n) is 25.0. The number of benzene rings is 1. The van der Waals surface area contributed by atoms with E-state index in [1.165, 1.54) is 28.1 Å². The third-order valence-electron chi connectivity index (χ3n) is 9.23. The number of likely N-dealkylation sites (N-methyl/N-ethyl adjacent to an activating group) is 1. The summed E-state index contributed by atoms with van der Waals surface area (Å²) in [5.41, 5.74) is 0.810. The average molecular weight is 592 g/mol. The SMILES string of the molecule is C/C=C(/C)C(=O)OC[C@H]1C2=C(CC3[C@H]4c5c(O)c(OC)c(C)c(O)c5C(=O)[C@@H](C(C#N)N31)N4C)C(=O)C(C)=C(OC)C2=O. The summed E-state index contributed by atoms with van der Waals surface area (Å²) in [4.78, 5) is 57.7. The molecule has 0 radical (unpaired) electrons. The van der Waals surface area contributed by atoms with E-state index in [4.69, 9.17) is 14.2 Å². The molecule has 4 aliphatic rings. The topological polar surface area (TPSA) is 167 Å². The minimum atomic E-state index is -1.18. The Morgan fingerprint density at radius 3 is 2.35 bits per heavy atom. The zero-order chi connectivity index (χ0) is 31.7. The molecule has 12 heteroatoms. The quantitative estimate of drug-likeness (QED) is 0.222. The van der Waals surface area contributed by atoms with E-state index >= 15 is 0 Å². The molecule has 2 N–H and O–H groups in total. The predicted octanol–water partition coefficient (Wildman–Crippen LogP) is 2.18. The summed E-state index contributed by atoms with van der Waals surface area (Å²) < 4.78 is 16.3. The van der Waals surface area contributed by atoms with Crippen molar-refractivity contribution in [1.82, 2.24) is 9.80 Å². The molecule has 2 unspecified atom stereocenters. The largest absolute Gasteiger partial charge is 0.507 e. The third kappa shape index (κ3) is 4.02. The number of allylic oxidation sites excluding steroid dienone is 3. The number of piperazine rings is 1. The van der Waals surface area contributed by atoms with Crippen LogP contribution in [0.25, 0.3) is 0 Å². The van der Waals surface area contributed by atoms with E-state index < -0.39 is 60.1 Å². The van der Waals surface area contributed by atoms with Crippen molar-refractivity contribution in [2.45, 2.75) is 64.3 Å². The van der Waals surface area contributed by atoms with Crippen molar-refractivity contribution in [1.29, 1.82) is 5.26 Å². The van der Waals surface area contributed by atoms with Crippen LogP contribution in [0.2, 0.25) is 0 Å². The van der Waals surface area contributed by atoms with Crippen LogP contribution in [0.5, 0.6) is 17.2 Å². The predicted molar refractivity (Wildman–Crippen MR) is 150 cm³/mol. The van der Waals surface area contributed by atoms with Gasteiger partial charge in [-0.05, 0) is 41.2 Å². The first-order chi connectivity index (χ1) is 20.4. The Bertz CT molecular complexity index is 1630. The van der Waals surface area contributed by atoms with Crippen LogP contribution in [0.3, 0.4) is 0 Å². The standard InChI is InChI=1S/C31H33N3O9/c1-8-12(2)31(40)43-11-18-19-15(24(35)13(3)29(41-6)27(19)38)9-16-22-20-21(25(36)14(4)30(42-7)28(20)39)26(37)23(33(22)5)17(10-32)34(16)18/h8,16-18,22-23,36,39H,9,11H2,1-7H3/b12-8-/t16?,17?,18-,22-,23+/m0/s1. The van der Waals surface area contributed by atoms with Gasteiger partial charge in [0.15, 0.2) is 28.8 Å². The highest BCUT2D eigenvalue weighted by atomic mass is 16.5. The Morgan fingerprint density at radius 2 is 1.77 bits per heavy atom. The van der Waals surface area contributed by atoms with E-state index in [-0.39, 0.29) is 62.8 Å². The average Bonchev–Trinajstić information content (AvgIpc) is 2.98. The fraction of sp³-hybridized carbons (Fsp3) is 0.452. The van der Waals surface area contributed by atoms with E-state index in [0.717, 1.165) is 0 Å². The molecule has 5 rings (SSSR count). The summed E-state index contributed by atoms with van der Waals surface area (Å²) in [6.45, 7) is 5.84. The first-order valence-electron chi connectivity index (χ1n) is 13.8. The van der Waals surface area contributed by atoms with Gasteiger partial charge in [-0.25, -0.2) is 4.79 Å². The number of methoxy groups -OCH3 is 2. The van der Waals surface area contributed by atoms with E-state index in [1.807, 2.05) is 0 Å². The minimum Gasteiger partial charge on any atom is -0.507 e. The van der Waals surface area contributed by atoms with Crippen molar-refractivity contribution in [3.05, 3.63) is 50.8 Å². The molecule has 226 valence electrons. The van der Waals surface area contributed by atoms with Crippen LogP contribution in [0.15, 0.2) is 34.1 Å². The van der Waals surface area contributed by atoms with Gasteiger partial charge in [0.1, 0.15) is 24.4 Å². The number of aromatic hydroxyl groups is 2. The van der Waals surface area contributed by atoms with E-state index in [0.29, 0.717) is 5.57 Å². The van der Waals surface area contributed by atoms with Gasteiger partial charge >= 0.3 is 5.97 Å². The molecular weight excluding hydrogens is 558 g/mol. The molecule has 1 saturated heterocycles. The number of esters is 1. The van der Waals surface area contributed by atoms with Crippen LogP contribution in [-0.4, -0.2) is 95.4 Å². The first-order valence-corrected chi connectivity index (χ1v) is 13.8. The van der Waals surface area contributed by atoms with Crippen LogP contribution >= 0.6 is 0 Å². The molecule has 0 amide bonds. The maximum Gasteiger partial charge on any atom is 0.333 e. The van der Waals surface area contributed by atoms with Gasteiger partial charge in [-0.2, -0.15) is 5.26 Å². The monoisotopic (exact) mass is 591 g/mol. The number of Topliss-reactive ketones (excluding diaryl/α,β-unsaturated/α-hetero) is 3. The summed E-state index contributed by atoms with van der Waals surface area (Å²) in [6.07, 6.45) is 1.54. The molecule has 2 bridgehead atoms. The second kappa shape index (κ2) is 10.7. The molecule has 0 saturated carbocycles. The molecule has 3 aliphatic heterocycles. The molecular formula is C31H33N3O9. The van der Waals surface area contributed by atoms with Gasteiger partial charge in [-0.15, -0.1) is 0 Å². The second-order valence-electron chi connectivity index (χ2n) is 11.2. The van der Waals surface area contributed by atoms with Crippen molar-refractivity contribution in [2.75, 3.05) is 27.9 Å². The lowest BCUT2D eigenvalue weighted by molar-refractivity contribution is -0.143. The van der Waals surface area contributed by atoms with Crippen molar-refractivity contribution >= 4 is 23.3 Å². The fourth-order valence-corrected chi connectivity index (χ4v) is 7.08. The number of phenolic OH excluding ortho intramolecular Hbond substituents is 2. The number of carbonyl (C=O) groups excluding carboxylic acids is 4. The van der Waals surface area contributed by atoms with Gasteiger partial charge in [0.2, 0.25) is 5.78 Å². The Labute approximate surface area is 248 Å². The fourth-order valence-electron chi connectivity index (χ4n) is 7.08. The highest BCUT2D eigenvalue weighted by Gasteiger charge is 2.61. The lowest BCUT2D eigenvalue weighted by Crippen LogP contribution is -2.72. The van der Waals surface area contributed by atoms with Crippen molar-refractivity contribution in [3.63, 3.8) is 0 Å². The Kier molecular flexibility index (Phi) is 7.44. The molecule has 1 aliphatic carbocycles. The highest BCUT2D eigenvalue weighted by molar-refractivity contribution is 6.25. The Hall–Kier alpha value is -4.47. The van der Waals surface area contributed by atoms with Gasteiger partial charge in [0.05, 0.1) is 37.9 Å². The number of hydrogen-bond donors (Lipinski definition) is 2. The van der Waals surface area contributed by atoms with Crippen LogP contribution in [0.4, 0.5) is 0 Å². The number of rotatable bonds is 5. The van der Waals surface area contributed by atoms with Crippen molar-refractivity contribution < 1.29 is 43.6 Å². The molecule has 1 fully saturated rings. The number of carbonyl (C=O) groups is 4. The van der Waals surface area contributed by atoms with Crippen molar-refractivity contribution in [3.8, 4) is 23.3 Å². The molecule has 3 heterocycles. The van der Waals surface area contributed by atoms with Gasteiger partial charge in [-0.1, -0.05) is 6.08 Å². The summed E-state index contributed by atoms with van der Waals surface area (Å²) in [7, 11) is 4.24. The first kappa shape index (κ1) is 30.0. The van der Waals surface area contributed by atoms with Crippen LogP contribution in [0, 0.1) is 18.3 Å². The van der Waals surface area contributed by atoms with Crippen LogP contribution < -0.4 is 4.74 Å². The number of ether oxygens (including phenoxy) is 3. The Morgan fingerprint density at radius 1 is 1.09 bits per heavy atom. The molecule has 43 heavy (non-hydrogen) atoms. The number of fused-ring (bicyclic) bond motifs is 6. The maximum absolute atomic E-state index is 14.1. The number of nitriles is 1. The third-order valence-corrected chi connectivity index (χ3v) is 9.23. The lowest BCUT2D eigenvalue weighted by Gasteiger charge is -2.59. The van der Waals surface area contributed by atoms with Crippen LogP contribution in [-0.2, 0) is 23.9 Å². The summed E-state index contributed by atoms with van der Waals surface area (Å²) in [5.74, 6) is -3.10. The highest BCUT2D eigenvalue weighted by Crippen LogP contribution is 2.56. The molecule has 12 nitrogen and oxygen atoms in total. The summed E-state index contributed by atoms with van der Waals surface area (Å²) in [5, 5.41) is 33.1. The lowest BCUT2D eigenvalue weighted by atomic mass is 9.69. The molecule has 0 aromatic heterocycles. The molecule has 5 atom stereocenters. The van der Waals surface area contributed by atoms with Gasteiger partial charge < -0.3 is 24.4 Å². The normalized spacial score (nSPS) is 27.3. The van der Waals surface area contributed by atoms with E-state index in [9.17, 15) is 34.7 Å². The molecule has 1 aromatic rings. The zero-order valence-corrected chi connectivity index (χ0v) is 25.0.